The van der Waals surface area contributed by atoms with E-state index in [0.29, 0.717) is 27.7 Å². The third-order valence-corrected chi connectivity index (χ3v) is 6.11. The van der Waals surface area contributed by atoms with Crippen LogP contribution in [0.2, 0.25) is 5.15 Å². The lowest BCUT2D eigenvalue weighted by atomic mass is 9.96. The third-order valence-electron chi connectivity index (χ3n) is 5.82. The molecule has 5 rings (SSSR count). The van der Waals surface area contributed by atoms with Crippen molar-refractivity contribution in [1.29, 1.82) is 0 Å². The number of carbonyl (C=O) groups is 1. The van der Waals surface area contributed by atoms with Gasteiger partial charge in [0, 0.05) is 16.7 Å². The Morgan fingerprint density at radius 1 is 0.943 bits per heavy atom. The fourth-order valence-electron chi connectivity index (χ4n) is 4.12. The van der Waals surface area contributed by atoms with Crippen LogP contribution >= 0.6 is 11.6 Å². The number of para-hydroxylation sites is 1. The summed E-state index contributed by atoms with van der Waals surface area (Å²) in [5.41, 5.74) is 5.46. The normalized spacial score (nSPS) is 11.3. The molecule has 0 amide bonds. The van der Waals surface area contributed by atoms with Crippen molar-refractivity contribution in [2.45, 2.75) is 6.92 Å². The van der Waals surface area contributed by atoms with Crippen LogP contribution in [0.4, 0.5) is 0 Å². The van der Waals surface area contributed by atoms with Gasteiger partial charge in [-0.3, -0.25) is 4.79 Å². The molecule has 0 aliphatic carbocycles. The number of aryl methyl sites for hydroxylation is 1. The number of hydrogen-bond acceptors (Lipinski definition) is 4. The molecule has 0 spiro atoms. The Kier molecular flexibility index (Phi) is 6.17. The van der Waals surface area contributed by atoms with Gasteiger partial charge in [0.15, 0.2) is 11.4 Å². The highest BCUT2D eigenvalue weighted by Crippen LogP contribution is 2.38. The predicted molar refractivity (Wildman–Crippen MR) is 140 cm³/mol. The van der Waals surface area contributed by atoms with Gasteiger partial charge in [-0.15, -0.1) is 0 Å². The quantitative estimate of drug-likeness (QED) is 0.150. The monoisotopic (exact) mass is 479 g/mol. The summed E-state index contributed by atoms with van der Waals surface area (Å²) in [6.07, 6.45) is 3.27. The van der Waals surface area contributed by atoms with Gasteiger partial charge in [-0.05, 0) is 61.0 Å². The molecule has 0 radical (unpaired) electrons. The van der Waals surface area contributed by atoms with Gasteiger partial charge in [-0.1, -0.05) is 60.1 Å². The summed E-state index contributed by atoms with van der Waals surface area (Å²) < 4.78 is 6.99. The molecule has 0 fully saturated rings. The molecule has 35 heavy (non-hydrogen) atoms. The Hall–Kier alpha value is -4.22. The van der Waals surface area contributed by atoms with E-state index >= 15 is 0 Å². The van der Waals surface area contributed by atoms with E-state index in [1.165, 1.54) is 6.08 Å². The lowest BCUT2D eigenvalue weighted by molar-refractivity contribution is 0.104. The summed E-state index contributed by atoms with van der Waals surface area (Å²) in [4.78, 5) is 17.6. The van der Waals surface area contributed by atoms with Gasteiger partial charge in [-0.2, -0.15) is 5.10 Å². The van der Waals surface area contributed by atoms with Crippen LogP contribution in [0, 0.1) is 6.92 Å². The zero-order chi connectivity index (χ0) is 24.4. The average molecular weight is 480 g/mol. The van der Waals surface area contributed by atoms with E-state index in [1.807, 2.05) is 67.6 Å². The van der Waals surface area contributed by atoms with E-state index in [2.05, 4.69) is 0 Å². The number of ketones is 1. The highest BCUT2D eigenvalue weighted by atomic mass is 35.5. The molecule has 0 saturated heterocycles. The Balaban J connectivity index is 1.69. The minimum absolute atomic E-state index is 0.139. The second-order valence-corrected chi connectivity index (χ2v) is 8.37. The van der Waals surface area contributed by atoms with Crippen LogP contribution in [0.3, 0.4) is 0 Å². The number of aromatic nitrogens is 3. The topological polar surface area (TPSA) is 57.0 Å². The molecule has 0 saturated carbocycles. The molecular formula is C29H22ClN3O2. The van der Waals surface area contributed by atoms with Crippen LogP contribution in [0.5, 0.6) is 5.75 Å². The molecule has 0 aliphatic heterocycles. The standard InChI is InChI=1S/C29H22ClN3O2/c1-19-26-27(21-9-5-3-6-10-21)24(17-18-25(34)20-13-15-23(35-2)16-14-20)28(30)31-29(26)33(32-19)22-11-7-4-8-12-22/h3-18H,1-2H3/b18-17+. The number of fused-ring (bicyclic) bond motifs is 1. The molecule has 5 aromatic rings. The van der Waals surface area contributed by atoms with Crippen LogP contribution in [-0.2, 0) is 0 Å². The molecule has 6 heteroatoms. The number of hydrogen-bond donors (Lipinski definition) is 0. The first-order valence-corrected chi connectivity index (χ1v) is 11.5. The van der Waals surface area contributed by atoms with Crippen molar-refractivity contribution in [2.75, 3.05) is 7.11 Å². The van der Waals surface area contributed by atoms with Gasteiger partial charge in [0.2, 0.25) is 0 Å². The first kappa shape index (κ1) is 22.6. The van der Waals surface area contributed by atoms with E-state index < -0.39 is 0 Å². The van der Waals surface area contributed by atoms with Crippen LogP contribution in [0.25, 0.3) is 33.9 Å². The summed E-state index contributed by atoms with van der Waals surface area (Å²) in [6, 6.07) is 26.8. The van der Waals surface area contributed by atoms with Gasteiger partial charge in [0.25, 0.3) is 0 Å². The fraction of sp³-hybridized carbons (Fsp3) is 0.0690. The van der Waals surface area contributed by atoms with Crippen molar-refractivity contribution in [2.24, 2.45) is 0 Å². The second kappa shape index (κ2) is 9.57. The van der Waals surface area contributed by atoms with Crippen molar-refractivity contribution in [3.8, 4) is 22.6 Å². The number of pyridine rings is 1. The number of rotatable bonds is 6. The lowest BCUT2D eigenvalue weighted by Crippen LogP contribution is -1.99. The molecule has 0 N–H and O–H groups in total. The molecule has 3 aromatic carbocycles. The summed E-state index contributed by atoms with van der Waals surface area (Å²) >= 11 is 6.76. The molecule has 2 aromatic heterocycles. The SMILES string of the molecule is COc1ccc(C(=O)/C=C/c2c(Cl)nc3c(c(C)nn3-c3ccccc3)c2-c2ccccc2)cc1. The van der Waals surface area contributed by atoms with Gasteiger partial charge >= 0.3 is 0 Å². The molecular weight excluding hydrogens is 458 g/mol. The molecule has 172 valence electrons. The van der Waals surface area contributed by atoms with Crippen molar-refractivity contribution >= 4 is 34.5 Å². The van der Waals surface area contributed by atoms with Gasteiger partial charge in [0.1, 0.15) is 10.9 Å². The van der Waals surface area contributed by atoms with Gasteiger partial charge in [0.05, 0.1) is 23.9 Å². The third kappa shape index (κ3) is 4.34. The lowest BCUT2D eigenvalue weighted by Gasteiger charge is -2.12. The zero-order valence-electron chi connectivity index (χ0n) is 19.3. The van der Waals surface area contributed by atoms with E-state index in [1.54, 1.807) is 42.1 Å². The number of nitrogens with zero attached hydrogens (tertiary/aromatic N) is 3. The maximum Gasteiger partial charge on any atom is 0.185 e. The van der Waals surface area contributed by atoms with Crippen molar-refractivity contribution < 1.29 is 9.53 Å². The van der Waals surface area contributed by atoms with Crippen LogP contribution < -0.4 is 4.74 Å². The Labute approximate surface area is 208 Å². The minimum atomic E-state index is -0.139. The maximum atomic E-state index is 12.9. The largest absolute Gasteiger partial charge is 0.497 e. The average Bonchev–Trinajstić information content (AvgIpc) is 3.23. The van der Waals surface area contributed by atoms with Gasteiger partial charge < -0.3 is 4.74 Å². The first-order valence-electron chi connectivity index (χ1n) is 11.1. The number of benzene rings is 3. The molecule has 0 bridgehead atoms. The number of ether oxygens (including phenoxy) is 1. The Morgan fingerprint density at radius 2 is 1.60 bits per heavy atom. The minimum Gasteiger partial charge on any atom is -0.497 e. The van der Waals surface area contributed by atoms with Crippen molar-refractivity contribution in [3.63, 3.8) is 0 Å². The Bertz CT molecular complexity index is 1540. The molecule has 0 atom stereocenters. The zero-order valence-corrected chi connectivity index (χ0v) is 20.0. The Morgan fingerprint density at radius 3 is 2.26 bits per heavy atom. The molecule has 5 nitrogen and oxygen atoms in total. The number of methoxy groups -OCH3 is 1. The van der Waals surface area contributed by atoms with Crippen LogP contribution in [0.1, 0.15) is 21.6 Å². The fourth-order valence-corrected chi connectivity index (χ4v) is 4.36. The first-order chi connectivity index (χ1) is 17.1. The van der Waals surface area contributed by atoms with Gasteiger partial charge in [-0.25, -0.2) is 9.67 Å². The second-order valence-electron chi connectivity index (χ2n) is 8.01. The summed E-state index contributed by atoms with van der Waals surface area (Å²) in [6.45, 7) is 1.96. The van der Waals surface area contributed by atoms with E-state index in [-0.39, 0.29) is 5.78 Å². The number of halogens is 1. The number of carbonyl (C=O) groups excluding carboxylic acids is 1. The van der Waals surface area contributed by atoms with Crippen LogP contribution in [0.15, 0.2) is 91.0 Å². The smallest absolute Gasteiger partial charge is 0.185 e. The summed E-state index contributed by atoms with van der Waals surface area (Å²) in [7, 11) is 1.59. The predicted octanol–water partition coefficient (Wildman–Crippen LogP) is 6.95. The summed E-state index contributed by atoms with van der Waals surface area (Å²) in [5, 5.41) is 5.97. The number of allylic oxidation sites excluding steroid dienone is 1. The molecule has 2 heterocycles. The van der Waals surface area contributed by atoms with Crippen LogP contribution in [-0.4, -0.2) is 27.7 Å². The summed E-state index contributed by atoms with van der Waals surface area (Å²) in [5.74, 6) is 0.556. The molecule has 0 aliphatic rings. The van der Waals surface area contributed by atoms with Crippen molar-refractivity contribution in [3.05, 3.63) is 113 Å². The van der Waals surface area contributed by atoms with E-state index in [9.17, 15) is 4.79 Å². The highest BCUT2D eigenvalue weighted by Gasteiger charge is 2.21. The maximum absolute atomic E-state index is 12.9. The van der Waals surface area contributed by atoms with E-state index in [0.717, 1.165) is 27.9 Å². The highest BCUT2D eigenvalue weighted by molar-refractivity contribution is 6.32. The van der Waals surface area contributed by atoms with Crippen molar-refractivity contribution in [1.82, 2.24) is 14.8 Å². The molecule has 0 unspecified atom stereocenters. The van der Waals surface area contributed by atoms with E-state index in [4.69, 9.17) is 26.4 Å².